The van der Waals surface area contributed by atoms with Crippen LogP contribution in [0.3, 0.4) is 0 Å². The lowest BCUT2D eigenvalue weighted by molar-refractivity contribution is -0.145. The molecule has 0 saturated heterocycles. The van der Waals surface area contributed by atoms with Crippen molar-refractivity contribution in [3.8, 4) is 0 Å². The fraction of sp³-hybridized carbons (Fsp3) is 0.933. The molecular formula is C15H28O3. The lowest BCUT2D eigenvalue weighted by Gasteiger charge is -2.20. The maximum Gasteiger partial charge on any atom is 0.305 e. The maximum absolute atomic E-state index is 11.5. The van der Waals surface area contributed by atoms with Gasteiger partial charge in [-0.2, -0.15) is 0 Å². The molecule has 0 atom stereocenters. The Hall–Kier alpha value is -0.570. The van der Waals surface area contributed by atoms with E-state index in [0.717, 1.165) is 31.8 Å². The lowest BCUT2D eigenvalue weighted by Crippen LogP contribution is -2.13. The minimum atomic E-state index is -0.0559. The molecule has 0 amide bonds. The number of rotatable bonds is 9. The molecule has 0 aliphatic heterocycles. The first-order valence-electron chi connectivity index (χ1n) is 7.56. The summed E-state index contributed by atoms with van der Waals surface area (Å²) in [5, 5.41) is 0. The van der Waals surface area contributed by atoms with Crippen LogP contribution < -0.4 is 0 Å². The molecule has 0 heterocycles. The van der Waals surface area contributed by atoms with Crippen LogP contribution in [0.1, 0.15) is 64.7 Å². The van der Waals surface area contributed by atoms with E-state index in [4.69, 9.17) is 9.47 Å². The summed E-state index contributed by atoms with van der Waals surface area (Å²) in [5.41, 5.74) is 0. The van der Waals surface area contributed by atoms with Gasteiger partial charge in [-0.25, -0.2) is 0 Å². The molecule has 0 aromatic rings. The highest BCUT2D eigenvalue weighted by Crippen LogP contribution is 2.27. The van der Waals surface area contributed by atoms with Crippen LogP contribution in [-0.4, -0.2) is 25.8 Å². The summed E-state index contributed by atoms with van der Waals surface area (Å²) in [7, 11) is 0. The van der Waals surface area contributed by atoms with Crippen LogP contribution in [0, 0.1) is 5.92 Å². The third kappa shape index (κ3) is 7.70. The number of hydrogen-bond donors (Lipinski definition) is 0. The average Bonchev–Trinajstić information content (AvgIpc) is 2.41. The number of ether oxygens (including phenoxy) is 2. The Kier molecular flexibility index (Phi) is 8.92. The van der Waals surface area contributed by atoms with Gasteiger partial charge in [0.25, 0.3) is 0 Å². The fourth-order valence-electron chi connectivity index (χ4n) is 2.43. The van der Waals surface area contributed by atoms with Crippen molar-refractivity contribution in [2.45, 2.75) is 64.7 Å². The molecule has 1 aliphatic carbocycles. The van der Waals surface area contributed by atoms with Gasteiger partial charge in [-0.1, -0.05) is 45.4 Å². The summed E-state index contributed by atoms with van der Waals surface area (Å²) in [4.78, 5) is 11.5. The normalized spacial score (nSPS) is 16.7. The van der Waals surface area contributed by atoms with Crippen LogP contribution in [0.5, 0.6) is 0 Å². The third-order valence-electron chi connectivity index (χ3n) is 3.61. The Morgan fingerprint density at radius 1 is 1.11 bits per heavy atom. The predicted octanol–water partition coefficient (Wildman–Crippen LogP) is 3.71. The summed E-state index contributed by atoms with van der Waals surface area (Å²) in [6, 6.07) is 0. The van der Waals surface area contributed by atoms with Crippen LogP contribution >= 0.6 is 0 Å². The number of unbranched alkanes of at least 4 members (excludes halogenated alkanes) is 1. The van der Waals surface area contributed by atoms with E-state index >= 15 is 0 Å². The van der Waals surface area contributed by atoms with Crippen LogP contribution in [-0.2, 0) is 14.3 Å². The highest BCUT2D eigenvalue weighted by molar-refractivity contribution is 5.69. The molecule has 106 valence electrons. The predicted molar refractivity (Wildman–Crippen MR) is 72.5 cm³/mol. The van der Waals surface area contributed by atoms with Crippen molar-refractivity contribution in [1.29, 1.82) is 0 Å². The summed E-state index contributed by atoms with van der Waals surface area (Å²) in [5.74, 6) is 0.701. The molecule has 0 spiro atoms. The minimum Gasteiger partial charge on any atom is -0.463 e. The molecule has 0 aromatic carbocycles. The topological polar surface area (TPSA) is 35.5 Å². The number of carbonyl (C=O) groups is 1. The molecule has 3 heteroatoms. The molecule has 1 saturated carbocycles. The van der Waals surface area contributed by atoms with E-state index < -0.39 is 0 Å². The molecule has 0 N–H and O–H groups in total. The lowest BCUT2D eigenvalue weighted by atomic mass is 9.86. The van der Waals surface area contributed by atoms with Crippen molar-refractivity contribution >= 4 is 5.97 Å². The van der Waals surface area contributed by atoms with Gasteiger partial charge in [0.1, 0.15) is 6.61 Å². The van der Waals surface area contributed by atoms with E-state index in [1.165, 1.54) is 32.1 Å². The molecule has 0 aromatic heterocycles. The van der Waals surface area contributed by atoms with Gasteiger partial charge >= 0.3 is 5.97 Å². The van der Waals surface area contributed by atoms with Crippen molar-refractivity contribution in [3.05, 3.63) is 0 Å². The zero-order valence-electron chi connectivity index (χ0n) is 11.8. The van der Waals surface area contributed by atoms with Crippen LogP contribution in [0.2, 0.25) is 0 Å². The van der Waals surface area contributed by atoms with Gasteiger partial charge in [0.05, 0.1) is 6.61 Å². The highest BCUT2D eigenvalue weighted by atomic mass is 16.6. The van der Waals surface area contributed by atoms with Crippen molar-refractivity contribution in [2.24, 2.45) is 5.92 Å². The van der Waals surface area contributed by atoms with E-state index in [0.29, 0.717) is 19.6 Å². The van der Waals surface area contributed by atoms with Gasteiger partial charge in [-0.05, 0) is 18.8 Å². The molecule has 1 rings (SSSR count). The van der Waals surface area contributed by atoms with Crippen molar-refractivity contribution in [2.75, 3.05) is 19.8 Å². The van der Waals surface area contributed by atoms with E-state index in [2.05, 4.69) is 6.92 Å². The van der Waals surface area contributed by atoms with Crippen LogP contribution in [0.15, 0.2) is 0 Å². The maximum atomic E-state index is 11.5. The van der Waals surface area contributed by atoms with E-state index in [1.807, 2.05) is 0 Å². The molecule has 0 bridgehead atoms. The summed E-state index contributed by atoms with van der Waals surface area (Å²) < 4.78 is 10.5. The Morgan fingerprint density at radius 2 is 1.89 bits per heavy atom. The molecule has 3 nitrogen and oxygen atoms in total. The van der Waals surface area contributed by atoms with Crippen LogP contribution in [0.25, 0.3) is 0 Å². The molecule has 0 radical (unpaired) electrons. The largest absolute Gasteiger partial charge is 0.463 e. The highest BCUT2D eigenvalue weighted by Gasteiger charge is 2.15. The SMILES string of the molecule is CCCCOCCOC(=O)CCC1CCCCC1. The third-order valence-corrected chi connectivity index (χ3v) is 3.61. The molecule has 1 fully saturated rings. The zero-order chi connectivity index (χ0) is 13.1. The molecular weight excluding hydrogens is 228 g/mol. The van der Waals surface area contributed by atoms with Crippen molar-refractivity contribution in [1.82, 2.24) is 0 Å². The average molecular weight is 256 g/mol. The smallest absolute Gasteiger partial charge is 0.305 e. The second kappa shape index (κ2) is 10.4. The minimum absolute atomic E-state index is 0.0559. The monoisotopic (exact) mass is 256 g/mol. The standard InChI is InChI=1S/C15H28O3/c1-2-3-11-17-12-13-18-15(16)10-9-14-7-5-4-6-8-14/h14H,2-13H2,1H3. The first-order chi connectivity index (χ1) is 8.83. The van der Waals surface area contributed by atoms with Crippen molar-refractivity contribution in [3.63, 3.8) is 0 Å². The zero-order valence-corrected chi connectivity index (χ0v) is 11.8. The van der Waals surface area contributed by atoms with E-state index in [-0.39, 0.29) is 5.97 Å². The van der Waals surface area contributed by atoms with Gasteiger partial charge in [-0.3, -0.25) is 4.79 Å². The van der Waals surface area contributed by atoms with Gasteiger partial charge in [-0.15, -0.1) is 0 Å². The van der Waals surface area contributed by atoms with Gasteiger partial charge in [0.15, 0.2) is 0 Å². The summed E-state index contributed by atoms with van der Waals surface area (Å²) >= 11 is 0. The second-order valence-electron chi connectivity index (χ2n) is 5.23. The Labute approximate surface area is 111 Å². The van der Waals surface area contributed by atoms with Gasteiger partial charge in [0.2, 0.25) is 0 Å². The number of esters is 1. The number of hydrogen-bond acceptors (Lipinski definition) is 3. The van der Waals surface area contributed by atoms with E-state index in [9.17, 15) is 4.79 Å². The summed E-state index contributed by atoms with van der Waals surface area (Å²) in [6.07, 6.45) is 10.5. The molecule has 0 unspecified atom stereocenters. The Bertz CT molecular complexity index is 210. The second-order valence-corrected chi connectivity index (χ2v) is 5.23. The van der Waals surface area contributed by atoms with Crippen LogP contribution in [0.4, 0.5) is 0 Å². The molecule has 18 heavy (non-hydrogen) atoms. The first kappa shape index (κ1) is 15.5. The van der Waals surface area contributed by atoms with Crippen molar-refractivity contribution < 1.29 is 14.3 Å². The first-order valence-corrected chi connectivity index (χ1v) is 7.56. The number of carbonyl (C=O) groups excluding carboxylic acids is 1. The van der Waals surface area contributed by atoms with Gasteiger partial charge in [0, 0.05) is 13.0 Å². The summed E-state index contributed by atoms with van der Waals surface area (Å²) in [6.45, 7) is 3.85. The molecule has 1 aliphatic rings. The fourth-order valence-corrected chi connectivity index (χ4v) is 2.43. The van der Waals surface area contributed by atoms with Gasteiger partial charge < -0.3 is 9.47 Å². The quantitative estimate of drug-likeness (QED) is 0.466. The van der Waals surface area contributed by atoms with E-state index in [1.54, 1.807) is 0 Å². The Balaban J connectivity index is 1.90. The Morgan fingerprint density at radius 3 is 2.61 bits per heavy atom.